The number of nitrogens with two attached hydrogens (primary N) is 1. The fraction of sp³-hybridized carbons (Fsp3) is 0.118. The Morgan fingerprint density at radius 3 is 2.79 bits per heavy atom. The lowest BCUT2D eigenvalue weighted by Crippen LogP contribution is -2.16. The number of nitrogens with zero attached hydrogens (tertiary/aromatic N) is 2. The largest absolute Gasteiger partial charge is 0.366 e. The summed E-state index contributed by atoms with van der Waals surface area (Å²) in [6.07, 6.45) is 5.12. The van der Waals surface area contributed by atoms with Crippen molar-refractivity contribution in [2.75, 3.05) is 5.32 Å². The molecule has 0 radical (unpaired) electrons. The van der Waals surface area contributed by atoms with Gasteiger partial charge in [-0.1, -0.05) is 12.1 Å². The average Bonchev–Trinajstić information content (AvgIpc) is 3.00. The molecule has 122 valence electrons. The van der Waals surface area contributed by atoms with Gasteiger partial charge in [0.05, 0.1) is 22.6 Å². The predicted molar refractivity (Wildman–Crippen MR) is 95.2 cm³/mol. The normalized spacial score (nSPS) is 11.2. The molecule has 24 heavy (non-hydrogen) atoms. The number of benzene rings is 1. The smallest absolute Gasteiger partial charge is 0.250 e. The molecule has 0 saturated carbocycles. The van der Waals surface area contributed by atoms with Gasteiger partial charge in [-0.15, -0.1) is 11.3 Å². The molecule has 0 bridgehead atoms. The first-order valence-electron chi connectivity index (χ1n) is 7.28. The van der Waals surface area contributed by atoms with E-state index < -0.39 is 5.91 Å². The third kappa shape index (κ3) is 3.07. The highest BCUT2D eigenvalue weighted by Gasteiger charge is 2.11. The fourth-order valence-corrected chi connectivity index (χ4v) is 3.30. The highest BCUT2D eigenvalue weighted by atomic mass is 32.1. The number of rotatable bonds is 4. The molecule has 0 fully saturated rings. The van der Waals surface area contributed by atoms with E-state index >= 15 is 0 Å². The van der Waals surface area contributed by atoms with Crippen LogP contribution < -0.4 is 11.1 Å². The van der Waals surface area contributed by atoms with Crippen LogP contribution in [0.1, 0.15) is 26.6 Å². The van der Waals surface area contributed by atoms with Gasteiger partial charge in [0.1, 0.15) is 0 Å². The van der Waals surface area contributed by atoms with Crippen LogP contribution in [0.15, 0.2) is 36.5 Å². The average molecular weight is 340 g/mol. The SMILES string of the molecule is Cc1cn2c(/C=C/C(=O)Nc3ccccc3C(N)=O)c(C)nc2s1. The molecule has 7 heteroatoms. The second-order valence-electron chi connectivity index (χ2n) is 5.31. The number of amides is 2. The minimum Gasteiger partial charge on any atom is -0.366 e. The highest BCUT2D eigenvalue weighted by molar-refractivity contribution is 7.17. The molecule has 0 aliphatic heterocycles. The molecule has 2 amide bonds. The van der Waals surface area contributed by atoms with Crippen LogP contribution in [0.4, 0.5) is 5.69 Å². The predicted octanol–water partition coefficient (Wildman–Crippen LogP) is 2.76. The van der Waals surface area contributed by atoms with Crippen LogP contribution in [0.25, 0.3) is 11.0 Å². The Bertz CT molecular complexity index is 968. The van der Waals surface area contributed by atoms with Crippen molar-refractivity contribution in [3.8, 4) is 0 Å². The lowest BCUT2D eigenvalue weighted by molar-refractivity contribution is -0.111. The van der Waals surface area contributed by atoms with E-state index in [1.807, 2.05) is 24.4 Å². The molecule has 2 heterocycles. The number of carbonyl (C=O) groups excluding carboxylic acids is 2. The summed E-state index contributed by atoms with van der Waals surface area (Å²) in [5, 5.41) is 2.67. The number of para-hydroxylation sites is 1. The van der Waals surface area contributed by atoms with Crippen molar-refractivity contribution in [1.82, 2.24) is 9.38 Å². The molecule has 1 aromatic carbocycles. The van der Waals surface area contributed by atoms with Gasteiger partial charge in [-0.3, -0.25) is 14.0 Å². The number of aromatic nitrogens is 2. The van der Waals surface area contributed by atoms with E-state index in [1.54, 1.807) is 41.7 Å². The van der Waals surface area contributed by atoms with E-state index in [4.69, 9.17) is 5.73 Å². The summed E-state index contributed by atoms with van der Waals surface area (Å²) in [4.78, 5) is 30.1. The van der Waals surface area contributed by atoms with Crippen molar-refractivity contribution in [1.29, 1.82) is 0 Å². The van der Waals surface area contributed by atoms with E-state index in [2.05, 4.69) is 10.3 Å². The molecule has 0 atom stereocenters. The van der Waals surface area contributed by atoms with Gasteiger partial charge in [0.15, 0.2) is 4.96 Å². The Hall–Kier alpha value is -2.93. The second-order valence-corrected chi connectivity index (χ2v) is 6.52. The first-order valence-corrected chi connectivity index (χ1v) is 8.10. The van der Waals surface area contributed by atoms with Crippen molar-refractivity contribution in [2.45, 2.75) is 13.8 Å². The zero-order valence-electron chi connectivity index (χ0n) is 13.2. The lowest BCUT2D eigenvalue weighted by atomic mass is 10.1. The number of carbonyl (C=O) groups is 2. The van der Waals surface area contributed by atoms with E-state index in [0.29, 0.717) is 5.69 Å². The molecule has 3 rings (SSSR count). The monoisotopic (exact) mass is 340 g/mol. The van der Waals surface area contributed by atoms with Crippen LogP contribution in [0.5, 0.6) is 0 Å². The van der Waals surface area contributed by atoms with Gasteiger partial charge in [0, 0.05) is 17.2 Å². The molecular formula is C17H16N4O2S. The van der Waals surface area contributed by atoms with Crippen molar-refractivity contribution in [2.24, 2.45) is 5.73 Å². The number of aryl methyl sites for hydroxylation is 2. The van der Waals surface area contributed by atoms with E-state index in [9.17, 15) is 9.59 Å². The molecule has 0 unspecified atom stereocenters. The van der Waals surface area contributed by atoms with E-state index in [-0.39, 0.29) is 11.5 Å². The summed E-state index contributed by atoms with van der Waals surface area (Å²) in [6, 6.07) is 6.62. The van der Waals surface area contributed by atoms with E-state index in [1.165, 1.54) is 6.08 Å². The zero-order valence-corrected chi connectivity index (χ0v) is 14.1. The number of thiazole rings is 1. The molecule has 6 nitrogen and oxygen atoms in total. The number of fused-ring (bicyclic) bond motifs is 1. The lowest BCUT2D eigenvalue weighted by Gasteiger charge is -2.06. The van der Waals surface area contributed by atoms with Crippen LogP contribution in [0.2, 0.25) is 0 Å². The van der Waals surface area contributed by atoms with Crippen molar-refractivity contribution in [3.05, 3.63) is 58.4 Å². The summed E-state index contributed by atoms with van der Waals surface area (Å²) in [7, 11) is 0. The fourth-order valence-electron chi connectivity index (χ4n) is 2.42. The molecule has 0 aliphatic carbocycles. The molecule has 2 aromatic heterocycles. The third-order valence-electron chi connectivity index (χ3n) is 3.51. The van der Waals surface area contributed by atoms with Gasteiger partial charge < -0.3 is 11.1 Å². The van der Waals surface area contributed by atoms with Gasteiger partial charge in [0.25, 0.3) is 5.91 Å². The van der Waals surface area contributed by atoms with Crippen LogP contribution in [-0.4, -0.2) is 21.2 Å². The maximum Gasteiger partial charge on any atom is 0.250 e. The number of hydrogen-bond acceptors (Lipinski definition) is 4. The molecule has 0 spiro atoms. The summed E-state index contributed by atoms with van der Waals surface area (Å²) < 4.78 is 1.95. The van der Waals surface area contributed by atoms with Crippen molar-refractivity contribution in [3.63, 3.8) is 0 Å². The Kier molecular flexibility index (Phi) is 4.18. The summed E-state index contributed by atoms with van der Waals surface area (Å²) in [5.74, 6) is -0.929. The van der Waals surface area contributed by atoms with Gasteiger partial charge in [-0.05, 0) is 32.1 Å². The summed E-state index contributed by atoms with van der Waals surface area (Å²) >= 11 is 1.60. The molecule has 3 aromatic rings. The first kappa shape index (κ1) is 15.9. The van der Waals surface area contributed by atoms with Gasteiger partial charge in [0.2, 0.25) is 5.91 Å². The number of imidazole rings is 1. The van der Waals surface area contributed by atoms with Crippen molar-refractivity contribution >= 4 is 39.9 Å². The highest BCUT2D eigenvalue weighted by Crippen LogP contribution is 2.21. The Balaban J connectivity index is 1.83. The quantitative estimate of drug-likeness (QED) is 0.716. The van der Waals surface area contributed by atoms with Gasteiger partial charge >= 0.3 is 0 Å². The molecular weight excluding hydrogens is 324 g/mol. The van der Waals surface area contributed by atoms with Crippen LogP contribution in [0.3, 0.4) is 0 Å². The van der Waals surface area contributed by atoms with Crippen LogP contribution >= 0.6 is 11.3 Å². The Morgan fingerprint density at radius 1 is 1.29 bits per heavy atom. The van der Waals surface area contributed by atoms with Gasteiger partial charge in [-0.25, -0.2) is 4.98 Å². The number of anilines is 1. The van der Waals surface area contributed by atoms with Crippen LogP contribution in [0, 0.1) is 13.8 Å². The topological polar surface area (TPSA) is 89.5 Å². The zero-order chi connectivity index (χ0) is 17.3. The first-order chi connectivity index (χ1) is 11.5. The molecule has 0 aliphatic rings. The summed E-state index contributed by atoms with van der Waals surface area (Å²) in [5.41, 5.74) is 7.68. The van der Waals surface area contributed by atoms with Crippen molar-refractivity contribution < 1.29 is 9.59 Å². The van der Waals surface area contributed by atoms with Crippen LogP contribution in [-0.2, 0) is 4.79 Å². The standard InChI is InChI=1S/C17H16N4O2S/c1-10-9-21-14(11(2)19-17(21)24-10)7-8-15(22)20-13-6-4-3-5-12(13)16(18)23/h3-9H,1-2H3,(H2,18,23)(H,20,22)/b8-7+. The van der Waals surface area contributed by atoms with E-state index in [0.717, 1.165) is 21.2 Å². The molecule has 3 N–H and O–H groups in total. The molecule has 0 saturated heterocycles. The summed E-state index contributed by atoms with van der Waals surface area (Å²) in [6.45, 7) is 3.91. The third-order valence-corrected chi connectivity index (χ3v) is 4.40. The maximum absolute atomic E-state index is 12.2. The minimum atomic E-state index is -0.586. The Morgan fingerprint density at radius 2 is 2.04 bits per heavy atom. The minimum absolute atomic E-state index is 0.274. The number of primary amides is 1. The Labute approximate surface area is 142 Å². The second kappa shape index (κ2) is 6.29. The maximum atomic E-state index is 12.2. The number of nitrogens with one attached hydrogen (secondary N) is 1. The number of hydrogen-bond donors (Lipinski definition) is 2. The van der Waals surface area contributed by atoms with Gasteiger partial charge in [-0.2, -0.15) is 0 Å².